The number of carbonyl (C=O) groups is 1. The third-order valence-corrected chi connectivity index (χ3v) is 8.28. The Hall–Kier alpha value is -2.45. The van der Waals surface area contributed by atoms with Gasteiger partial charge in [-0.15, -0.1) is 0 Å². The molecule has 0 spiro atoms. The van der Waals surface area contributed by atoms with Crippen molar-refractivity contribution < 1.29 is 13.2 Å². The molecule has 1 aromatic heterocycles. The van der Waals surface area contributed by atoms with Gasteiger partial charge in [0, 0.05) is 10.2 Å². The van der Waals surface area contributed by atoms with Crippen molar-refractivity contribution >= 4 is 37.4 Å². The number of hydrogen-bond donors (Lipinski definition) is 1. The Morgan fingerprint density at radius 2 is 1.83 bits per heavy atom. The molecule has 3 aromatic rings. The number of amides is 1. The highest BCUT2D eigenvalue weighted by Gasteiger charge is 2.30. The summed E-state index contributed by atoms with van der Waals surface area (Å²) in [5, 5.41) is 6.82. The summed E-state index contributed by atoms with van der Waals surface area (Å²) in [5.41, 5.74) is 2.43. The topological polar surface area (TPSA) is 81.1 Å². The van der Waals surface area contributed by atoms with Gasteiger partial charge in [0.15, 0.2) is 9.84 Å². The first kappa shape index (κ1) is 20.8. The van der Waals surface area contributed by atoms with Crippen molar-refractivity contribution in [1.29, 1.82) is 0 Å². The highest BCUT2D eigenvalue weighted by atomic mass is 79.9. The molecule has 8 heteroatoms. The van der Waals surface area contributed by atoms with Crippen LogP contribution < -0.4 is 5.32 Å². The molecule has 0 unspecified atom stereocenters. The van der Waals surface area contributed by atoms with E-state index in [1.165, 1.54) is 6.20 Å². The molecule has 1 heterocycles. The Morgan fingerprint density at radius 1 is 1.13 bits per heavy atom. The predicted octanol–water partition coefficient (Wildman–Crippen LogP) is 4.91. The van der Waals surface area contributed by atoms with Gasteiger partial charge in [-0.1, -0.05) is 34.8 Å². The fourth-order valence-corrected chi connectivity index (χ4v) is 5.98. The predicted molar refractivity (Wildman–Crippen MR) is 120 cm³/mol. The van der Waals surface area contributed by atoms with E-state index in [9.17, 15) is 13.2 Å². The number of sulfone groups is 1. The van der Waals surface area contributed by atoms with E-state index in [1.54, 1.807) is 28.9 Å². The van der Waals surface area contributed by atoms with Crippen molar-refractivity contribution in [2.24, 2.45) is 0 Å². The van der Waals surface area contributed by atoms with Crippen molar-refractivity contribution in [3.63, 3.8) is 0 Å². The highest BCUT2D eigenvalue weighted by Crippen LogP contribution is 2.30. The minimum absolute atomic E-state index is 0.259. The van der Waals surface area contributed by atoms with Gasteiger partial charge in [-0.2, -0.15) is 5.10 Å². The fraction of sp³-hybridized carbons (Fsp3) is 0.273. The molecule has 30 heavy (non-hydrogen) atoms. The second kappa shape index (κ2) is 8.35. The van der Waals surface area contributed by atoms with E-state index in [0.717, 1.165) is 23.0 Å². The molecule has 156 valence electrons. The number of hydrogen-bond acceptors (Lipinski definition) is 4. The number of anilines is 1. The normalized spacial score (nSPS) is 14.7. The maximum absolute atomic E-state index is 12.9. The van der Waals surface area contributed by atoms with Gasteiger partial charge < -0.3 is 5.32 Å². The van der Waals surface area contributed by atoms with Crippen LogP contribution in [0.4, 0.5) is 5.69 Å². The zero-order chi connectivity index (χ0) is 21.3. The standard InChI is InChI=1S/C22H22BrN3O3S/c1-15-21(14-24-26(15)18-11-9-16(23)10-12-18)22(27)25-17-5-4-8-20(13-17)30(28,29)19-6-2-3-7-19/h4-5,8-14,19H,2-3,6-7H2,1H3,(H,25,27). The smallest absolute Gasteiger partial charge is 0.259 e. The van der Waals surface area contributed by atoms with Gasteiger partial charge >= 0.3 is 0 Å². The van der Waals surface area contributed by atoms with Crippen LogP contribution in [0.15, 0.2) is 64.1 Å². The minimum atomic E-state index is -3.38. The highest BCUT2D eigenvalue weighted by molar-refractivity contribution is 9.10. The van der Waals surface area contributed by atoms with Crippen molar-refractivity contribution in [2.75, 3.05) is 5.32 Å². The number of carbonyl (C=O) groups excluding carboxylic acids is 1. The van der Waals surface area contributed by atoms with Crippen LogP contribution >= 0.6 is 15.9 Å². The lowest BCUT2D eigenvalue weighted by Gasteiger charge is -2.12. The van der Waals surface area contributed by atoms with Gasteiger partial charge in [0.05, 0.1) is 33.3 Å². The van der Waals surface area contributed by atoms with Gasteiger partial charge in [0.1, 0.15) is 0 Å². The van der Waals surface area contributed by atoms with E-state index in [4.69, 9.17) is 0 Å². The summed E-state index contributed by atoms with van der Waals surface area (Å²) in [6, 6.07) is 14.1. The molecule has 1 N–H and O–H groups in total. The fourth-order valence-electron chi connectivity index (χ4n) is 3.82. The first-order valence-electron chi connectivity index (χ1n) is 9.82. The molecule has 0 saturated heterocycles. The molecule has 0 bridgehead atoms. The Kier molecular flexibility index (Phi) is 5.79. The van der Waals surface area contributed by atoms with Crippen molar-refractivity contribution in [3.05, 3.63) is 70.5 Å². The molecule has 0 aliphatic heterocycles. The zero-order valence-electron chi connectivity index (χ0n) is 16.5. The number of rotatable bonds is 5. The molecule has 0 radical (unpaired) electrons. The van der Waals surface area contributed by atoms with E-state index in [-0.39, 0.29) is 16.1 Å². The number of aromatic nitrogens is 2. The third kappa shape index (κ3) is 4.06. The van der Waals surface area contributed by atoms with Crippen molar-refractivity contribution in [3.8, 4) is 5.69 Å². The van der Waals surface area contributed by atoms with Gasteiger partial charge in [0.2, 0.25) is 0 Å². The maximum atomic E-state index is 12.9. The van der Waals surface area contributed by atoms with Crippen LogP contribution in [0.5, 0.6) is 0 Å². The summed E-state index contributed by atoms with van der Waals surface area (Å²) >= 11 is 3.41. The molecule has 1 fully saturated rings. The molecule has 0 atom stereocenters. The van der Waals surface area contributed by atoms with Crippen LogP contribution in [0, 0.1) is 6.92 Å². The van der Waals surface area contributed by atoms with E-state index >= 15 is 0 Å². The van der Waals surface area contributed by atoms with Crippen LogP contribution in [-0.4, -0.2) is 29.4 Å². The molecule has 1 aliphatic rings. The van der Waals surface area contributed by atoms with E-state index in [1.807, 2.05) is 31.2 Å². The third-order valence-electron chi connectivity index (χ3n) is 5.49. The van der Waals surface area contributed by atoms with Crippen molar-refractivity contribution in [1.82, 2.24) is 9.78 Å². The summed E-state index contributed by atoms with van der Waals surface area (Å²) in [5.74, 6) is -0.328. The van der Waals surface area contributed by atoms with E-state index in [0.29, 0.717) is 29.8 Å². The van der Waals surface area contributed by atoms with Crippen LogP contribution in [-0.2, 0) is 9.84 Å². The lowest BCUT2D eigenvalue weighted by atomic mass is 10.2. The maximum Gasteiger partial charge on any atom is 0.259 e. The quantitative estimate of drug-likeness (QED) is 0.554. The number of nitrogens with zero attached hydrogens (tertiary/aromatic N) is 2. The van der Waals surface area contributed by atoms with Crippen molar-refractivity contribution in [2.45, 2.75) is 42.8 Å². The molecule has 2 aromatic carbocycles. The van der Waals surface area contributed by atoms with Crippen LogP contribution in [0.2, 0.25) is 0 Å². The Morgan fingerprint density at radius 3 is 2.53 bits per heavy atom. The lowest BCUT2D eigenvalue weighted by Crippen LogP contribution is -2.18. The van der Waals surface area contributed by atoms with Crippen LogP contribution in [0.1, 0.15) is 41.7 Å². The molecular formula is C22H22BrN3O3S. The van der Waals surface area contributed by atoms with E-state index in [2.05, 4.69) is 26.3 Å². The second-order valence-corrected chi connectivity index (χ2v) is 10.6. The summed E-state index contributed by atoms with van der Waals surface area (Å²) in [4.78, 5) is 13.1. The first-order valence-corrected chi connectivity index (χ1v) is 12.2. The molecule has 1 amide bonds. The van der Waals surface area contributed by atoms with Crippen LogP contribution in [0.25, 0.3) is 5.69 Å². The summed E-state index contributed by atoms with van der Waals surface area (Å²) < 4.78 is 28.4. The van der Waals surface area contributed by atoms with E-state index < -0.39 is 9.84 Å². The van der Waals surface area contributed by atoms with Gasteiger partial charge in [-0.3, -0.25) is 4.79 Å². The SMILES string of the molecule is Cc1c(C(=O)Nc2cccc(S(=O)(=O)C3CCCC3)c2)cnn1-c1ccc(Br)cc1. The second-order valence-electron chi connectivity index (χ2n) is 7.47. The molecular weight excluding hydrogens is 466 g/mol. The van der Waals surface area contributed by atoms with Gasteiger partial charge in [-0.25, -0.2) is 13.1 Å². The monoisotopic (exact) mass is 487 g/mol. The Labute approximate surface area is 184 Å². The average molecular weight is 488 g/mol. The van der Waals surface area contributed by atoms with Gasteiger partial charge in [-0.05, 0) is 62.2 Å². The summed E-state index contributed by atoms with van der Waals surface area (Å²) in [7, 11) is -3.38. The molecule has 1 aliphatic carbocycles. The van der Waals surface area contributed by atoms with Crippen LogP contribution in [0.3, 0.4) is 0 Å². The summed E-state index contributed by atoms with van der Waals surface area (Å²) in [6.45, 7) is 1.82. The number of benzene rings is 2. The molecule has 1 saturated carbocycles. The first-order chi connectivity index (χ1) is 14.4. The average Bonchev–Trinajstić information content (AvgIpc) is 3.39. The minimum Gasteiger partial charge on any atom is -0.322 e. The number of halogens is 1. The van der Waals surface area contributed by atoms with Gasteiger partial charge in [0.25, 0.3) is 5.91 Å². The Balaban J connectivity index is 1.56. The lowest BCUT2D eigenvalue weighted by molar-refractivity contribution is 0.102. The molecule has 6 nitrogen and oxygen atoms in total. The summed E-state index contributed by atoms with van der Waals surface area (Å²) in [6.07, 6.45) is 4.82. The Bertz CT molecular complexity index is 1180. The molecule has 4 rings (SSSR count). The number of nitrogens with one attached hydrogen (secondary N) is 1. The largest absolute Gasteiger partial charge is 0.322 e. The zero-order valence-corrected chi connectivity index (χ0v) is 18.9.